The van der Waals surface area contributed by atoms with Gasteiger partial charge < -0.3 is 10.6 Å². The monoisotopic (exact) mass is 300 g/mol. The first-order valence-corrected chi connectivity index (χ1v) is 6.71. The number of aromatic nitrogens is 2. The van der Waals surface area contributed by atoms with E-state index in [-0.39, 0.29) is 0 Å². The lowest BCUT2D eigenvalue weighted by molar-refractivity contribution is 0.389. The SMILES string of the molecule is CCNc1ncnc(NCCC(C)(C)C)c1Br. The second-order valence-electron chi connectivity index (χ2n) is 5.15. The Labute approximate surface area is 112 Å². The van der Waals surface area contributed by atoms with Gasteiger partial charge in [0.25, 0.3) is 0 Å². The minimum Gasteiger partial charge on any atom is -0.369 e. The zero-order valence-electron chi connectivity index (χ0n) is 11.0. The minimum atomic E-state index is 0.330. The number of nitrogens with one attached hydrogen (secondary N) is 2. The fraction of sp³-hybridized carbons (Fsp3) is 0.667. The quantitative estimate of drug-likeness (QED) is 0.873. The Balaban J connectivity index is 2.62. The number of hydrogen-bond acceptors (Lipinski definition) is 4. The van der Waals surface area contributed by atoms with Gasteiger partial charge >= 0.3 is 0 Å². The molecule has 0 amide bonds. The van der Waals surface area contributed by atoms with E-state index in [4.69, 9.17) is 0 Å². The topological polar surface area (TPSA) is 49.8 Å². The summed E-state index contributed by atoms with van der Waals surface area (Å²) in [6.45, 7) is 10.5. The van der Waals surface area contributed by atoms with Crippen LogP contribution in [0.2, 0.25) is 0 Å². The number of nitrogens with zero attached hydrogens (tertiary/aromatic N) is 2. The van der Waals surface area contributed by atoms with Crippen LogP contribution in [0, 0.1) is 5.41 Å². The van der Waals surface area contributed by atoms with Gasteiger partial charge in [-0.15, -0.1) is 0 Å². The van der Waals surface area contributed by atoms with Crippen LogP contribution in [0.3, 0.4) is 0 Å². The highest BCUT2D eigenvalue weighted by Gasteiger charge is 2.11. The first-order valence-electron chi connectivity index (χ1n) is 5.92. The van der Waals surface area contributed by atoms with Gasteiger partial charge in [0, 0.05) is 13.1 Å². The second-order valence-corrected chi connectivity index (χ2v) is 5.95. The average molecular weight is 301 g/mol. The molecular weight excluding hydrogens is 280 g/mol. The lowest BCUT2D eigenvalue weighted by Crippen LogP contribution is -2.14. The number of hydrogen-bond donors (Lipinski definition) is 2. The van der Waals surface area contributed by atoms with Crippen LogP contribution in [-0.2, 0) is 0 Å². The van der Waals surface area contributed by atoms with Crippen molar-refractivity contribution in [2.75, 3.05) is 23.7 Å². The third kappa shape index (κ3) is 4.89. The molecule has 96 valence electrons. The molecule has 0 fully saturated rings. The predicted octanol–water partition coefficient (Wildman–Crippen LogP) is 3.52. The van der Waals surface area contributed by atoms with Gasteiger partial charge in [-0.1, -0.05) is 20.8 Å². The van der Waals surface area contributed by atoms with Crippen LogP contribution < -0.4 is 10.6 Å². The fourth-order valence-electron chi connectivity index (χ4n) is 1.34. The molecule has 5 heteroatoms. The standard InChI is InChI=1S/C12H21BrN4/c1-5-14-10-9(13)11(17-8-16-10)15-7-6-12(2,3)4/h8H,5-7H2,1-4H3,(H2,14,15,16,17). The van der Waals surface area contributed by atoms with Gasteiger partial charge in [0.15, 0.2) is 0 Å². The van der Waals surface area contributed by atoms with Crippen LogP contribution in [0.1, 0.15) is 34.1 Å². The van der Waals surface area contributed by atoms with Crippen LogP contribution >= 0.6 is 15.9 Å². The molecule has 4 nitrogen and oxygen atoms in total. The summed E-state index contributed by atoms with van der Waals surface area (Å²) in [5, 5.41) is 6.52. The van der Waals surface area contributed by atoms with Crippen LogP contribution in [0.4, 0.5) is 11.6 Å². The van der Waals surface area contributed by atoms with Crippen molar-refractivity contribution in [2.24, 2.45) is 5.41 Å². The summed E-state index contributed by atoms with van der Waals surface area (Å²) in [5.41, 5.74) is 0.330. The summed E-state index contributed by atoms with van der Waals surface area (Å²) in [6.07, 6.45) is 2.67. The highest BCUT2D eigenvalue weighted by Crippen LogP contribution is 2.27. The van der Waals surface area contributed by atoms with Gasteiger partial charge in [0.05, 0.1) is 0 Å². The fourth-order valence-corrected chi connectivity index (χ4v) is 1.82. The van der Waals surface area contributed by atoms with Crippen molar-refractivity contribution in [3.8, 4) is 0 Å². The van der Waals surface area contributed by atoms with Crippen molar-refractivity contribution < 1.29 is 0 Å². The van der Waals surface area contributed by atoms with Crippen LogP contribution in [0.5, 0.6) is 0 Å². The van der Waals surface area contributed by atoms with Gasteiger partial charge in [-0.2, -0.15) is 0 Å². The summed E-state index contributed by atoms with van der Waals surface area (Å²) in [5.74, 6) is 1.68. The molecule has 0 aliphatic rings. The summed E-state index contributed by atoms with van der Waals surface area (Å²) < 4.78 is 0.899. The van der Waals surface area contributed by atoms with Crippen LogP contribution in [0.15, 0.2) is 10.8 Å². The maximum atomic E-state index is 4.23. The van der Waals surface area contributed by atoms with Crippen molar-refractivity contribution >= 4 is 27.6 Å². The molecule has 1 rings (SSSR count). The lowest BCUT2D eigenvalue weighted by atomic mass is 9.92. The molecule has 0 atom stereocenters. The van der Waals surface area contributed by atoms with Crippen molar-refractivity contribution in [1.82, 2.24) is 9.97 Å². The largest absolute Gasteiger partial charge is 0.369 e. The van der Waals surface area contributed by atoms with E-state index in [9.17, 15) is 0 Å². The summed E-state index contributed by atoms with van der Waals surface area (Å²) in [7, 11) is 0. The second kappa shape index (κ2) is 6.19. The third-order valence-electron chi connectivity index (χ3n) is 2.30. The smallest absolute Gasteiger partial charge is 0.145 e. The molecule has 0 aromatic carbocycles. The zero-order chi connectivity index (χ0) is 12.9. The summed E-state index contributed by atoms with van der Waals surface area (Å²) >= 11 is 3.51. The molecule has 17 heavy (non-hydrogen) atoms. The lowest BCUT2D eigenvalue weighted by Gasteiger charge is -2.18. The minimum absolute atomic E-state index is 0.330. The normalized spacial score (nSPS) is 11.4. The molecule has 0 aliphatic heterocycles. The van der Waals surface area contributed by atoms with E-state index in [1.54, 1.807) is 6.33 Å². The van der Waals surface area contributed by atoms with Crippen molar-refractivity contribution in [1.29, 1.82) is 0 Å². The van der Waals surface area contributed by atoms with Gasteiger partial charge in [0.2, 0.25) is 0 Å². The van der Waals surface area contributed by atoms with Gasteiger partial charge in [-0.25, -0.2) is 9.97 Å². The molecule has 0 saturated heterocycles. The van der Waals surface area contributed by atoms with Crippen molar-refractivity contribution in [2.45, 2.75) is 34.1 Å². The Morgan fingerprint density at radius 2 is 1.76 bits per heavy atom. The van der Waals surface area contributed by atoms with Gasteiger partial charge in [-0.3, -0.25) is 0 Å². The first kappa shape index (κ1) is 14.2. The summed E-state index contributed by atoms with van der Waals surface area (Å²) in [4.78, 5) is 8.41. The zero-order valence-corrected chi connectivity index (χ0v) is 12.6. The van der Waals surface area contributed by atoms with Crippen LogP contribution in [0.25, 0.3) is 0 Å². The van der Waals surface area contributed by atoms with E-state index in [0.29, 0.717) is 5.41 Å². The number of anilines is 2. The van der Waals surface area contributed by atoms with Gasteiger partial charge in [-0.05, 0) is 34.7 Å². The molecule has 0 radical (unpaired) electrons. The van der Waals surface area contributed by atoms with E-state index in [2.05, 4.69) is 57.3 Å². The molecule has 1 aromatic heterocycles. The summed E-state index contributed by atoms with van der Waals surface area (Å²) in [6, 6.07) is 0. The molecule has 0 spiro atoms. The molecule has 0 aliphatic carbocycles. The average Bonchev–Trinajstić information content (AvgIpc) is 2.22. The van der Waals surface area contributed by atoms with Crippen molar-refractivity contribution in [3.05, 3.63) is 10.8 Å². The Bertz CT molecular complexity index is 360. The number of halogens is 1. The van der Waals surface area contributed by atoms with E-state index >= 15 is 0 Å². The Kier molecular flexibility index (Phi) is 5.18. The maximum absolute atomic E-state index is 4.23. The Morgan fingerprint density at radius 3 is 2.29 bits per heavy atom. The van der Waals surface area contributed by atoms with Crippen LogP contribution in [-0.4, -0.2) is 23.1 Å². The number of rotatable bonds is 5. The highest BCUT2D eigenvalue weighted by molar-refractivity contribution is 9.10. The van der Waals surface area contributed by atoms with Gasteiger partial charge in [0.1, 0.15) is 22.4 Å². The van der Waals surface area contributed by atoms with E-state index in [1.165, 1.54) is 0 Å². The first-order chi connectivity index (χ1) is 7.94. The predicted molar refractivity (Wildman–Crippen MR) is 76.5 cm³/mol. The molecule has 1 heterocycles. The van der Waals surface area contributed by atoms with Crippen molar-refractivity contribution in [3.63, 3.8) is 0 Å². The molecule has 0 saturated carbocycles. The Hall–Kier alpha value is -0.840. The molecular formula is C12H21BrN4. The molecule has 1 aromatic rings. The van der Waals surface area contributed by atoms with E-state index in [0.717, 1.165) is 35.6 Å². The third-order valence-corrected chi connectivity index (χ3v) is 3.05. The van der Waals surface area contributed by atoms with E-state index < -0.39 is 0 Å². The molecule has 0 bridgehead atoms. The maximum Gasteiger partial charge on any atom is 0.145 e. The highest BCUT2D eigenvalue weighted by atomic mass is 79.9. The molecule has 0 unspecified atom stereocenters. The van der Waals surface area contributed by atoms with E-state index in [1.807, 2.05) is 6.92 Å². The Morgan fingerprint density at radius 1 is 1.18 bits per heavy atom. The molecule has 2 N–H and O–H groups in total.